The summed E-state index contributed by atoms with van der Waals surface area (Å²) in [5.74, 6) is -0.874. The standard InChI is InChI=1S/C15H14Cl3N3O4S/c1-21(2)26(23,24)9-5-3-4-8(6-9)7-25-15(22)13-10(16)12(19)11(17)14(18)20-13/h3-6H,7H2,1-2H3,(H2,19,20). The van der Waals surface area contributed by atoms with Crippen LogP contribution < -0.4 is 5.73 Å². The van der Waals surface area contributed by atoms with Gasteiger partial charge in [0.25, 0.3) is 0 Å². The van der Waals surface area contributed by atoms with Crippen LogP contribution in [0.15, 0.2) is 29.2 Å². The van der Waals surface area contributed by atoms with Crippen molar-refractivity contribution in [3.05, 3.63) is 50.7 Å². The van der Waals surface area contributed by atoms with Gasteiger partial charge in [-0.25, -0.2) is 22.5 Å². The van der Waals surface area contributed by atoms with Crippen molar-refractivity contribution in [3.8, 4) is 0 Å². The molecule has 0 aliphatic rings. The number of ether oxygens (including phenoxy) is 1. The van der Waals surface area contributed by atoms with Crippen LogP contribution in [0.2, 0.25) is 15.2 Å². The van der Waals surface area contributed by atoms with Crippen LogP contribution in [-0.4, -0.2) is 37.8 Å². The van der Waals surface area contributed by atoms with Gasteiger partial charge in [0, 0.05) is 14.1 Å². The van der Waals surface area contributed by atoms with Crippen molar-refractivity contribution in [3.63, 3.8) is 0 Å². The number of aromatic nitrogens is 1. The summed E-state index contributed by atoms with van der Waals surface area (Å²) in [6, 6.07) is 6.00. The fourth-order valence-electron chi connectivity index (χ4n) is 1.89. The fourth-order valence-corrected chi connectivity index (χ4v) is 3.45. The van der Waals surface area contributed by atoms with E-state index in [-0.39, 0.29) is 38.1 Å². The van der Waals surface area contributed by atoms with Crippen molar-refractivity contribution in [2.75, 3.05) is 19.8 Å². The Labute approximate surface area is 165 Å². The lowest BCUT2D eigenvalue weighted by Gasteiger charge is -2.13. The average Bonchev–Trinajstić information content (AvgIpc) is 2.61. The number of rotatable bonds is 5. The summed E-state index contributed by atoms with van der Waals surface area (Å²) in [5.41, 5.74) is 5.75. The molecule has 26 heavy (non-hydrogen) atoms. The molecule has 1 aromatic heterocycles. The second-order valence-electron chi connectivity index (χ2n) is 5.30. The maximum Gasteiger partial charge on any atom is 0.358 e. The van der Waals surface area contributed by atoms with Gasteiger partial charge in [-0.1, -0.05) is 46.9 Å². The van der Waals surface area contributed by atoms with E-state index in [1.165, 1.54) is 26.2 Å². The number of benzene rings is 1. The molecule has 1 aromatic carbocycles. The first-order valence-corrected chi connectivity index (χ1v) is 9.61. The van der Waals surface area contributed by atoms with E-state index < -0.39 is 16.0 Å². The first-order valence-electron chi connectivity index (χ1n) is 7.04. The topological polar surface area (TPSA) is 103 Å². The molecule has 0 saturated carbocycles. The van der Waals surface area contributed by atoms with Crippen molar-refractivity contribution >= 4 is 56.5 Å². The van der Waals surface area contributed by atoms with Gasteiger partial charge in [-0.3, -0.25) is 0 Å². The second-order valence-corrected chi connectivity index (χ2v) is 8.57. The number of pyridine rings is 1. The van der Waals surface area contributed by atoms with E-state index >= 15 is 0 Å². The lowest BCUT2D eigenvalue weighted by Crippen LogP contribution is -2.22. The highest BCUT2D eigenvalue weighted by molar-refractivity contribution is 7.89. The third-order valence-electron chi connectivity index (χ3n) is 3.31. The molecule has 0 aliphatic carbocycles. The lowest BCUT2D eigenvalue weighted by molar-refractivity contribution is 0.0466. The highest BCUT2D eigenvalue weighted by Gasteiger charge is 2.21. The molecular formula is C15H14Cl3N3O4S. The Morgan fingerprint density at radius 2 is 1.88 bits per heavy atom. The van der Waals surface area contributed by atoms with E-state index in [9.17, 15) is 13.2 Å². The minimum absolute atomic E-state index is 0.0604. The molecule has 140 valence electrons. The van der Waals surface area contributed by atoms with Gasteiger partial charge in [-0.05, 0) is 17.7 Å². The van der Waals surface area contributed by atoms with Crippen molar-refractivity contribution < 1.29 is 17.9 Å². The number of nitrogens with two attached hydrogens (primary N) is 1. The quantitative estimate of drug-likeness (QED) is 0.568. The van der Waals surface area contributed by atoms with Gasteiger partial charge >= 0.3 is 5.97 Å². The van der Waals surface area contributed by atoms with Crippen LogP contribution in [0, 0.1) is 0 Å². The van der Waals surface area contributed by atoms with E-state index in [0.717, 1.165) is 4.31 Å². The van der Waals surface area contributed by atoms with E-state index in [1.807, 2.05) is 0 Å². The van der Waals surface area contributed by atoms with E-state index in [2.05, 4.69) is 4.98 Å². The molecular weight excluding hydrogens is 425 g/mol. The summed E-state index contributed by atoms with van der Waals surface area (Å²) >= 11 is 17.5. The van der Waals surface area contributed by atoms with Crippen molar-refractivity contribution in [2.45, 2.75) is 11.5 Å². The molecule has 2 aromatic rings. The van der Waals surface area contributed by atoms with Crippen molar-refractivity contribution in [2.24, 2.45) is 0 Å². The normalized spacial score (nSPS) is 11.6. The van der Waals surface area contributed by atoms with E-state index in [0.29, 0.717) is 5.56 Å². The first kappa shape index (κ1) is 20.7. The first-order chi connectivity index (χ1) is 12.1. The molecule has 11 heteroatoms. The number of hydrogen-bond acceptors (Lipinski definition) is 6. The lowest BCUT2D eigenvalue weighted by atomic mass is 10.2. The molecule has 0 radical (unpaired) electrons. The number of sulfonamides is 1. The van der Waals surface area contributed by atoms with E-state index in [1.54, 1.807) is 12.1 Å². The van der Waals surface area contributed by atoms with Gasteiger partial charge in [0.05, 0.1) is 15.6 Å². The van der Waals surface area contributed by atoms with Crippen LogP contribution in [0.3, 0.4) is 0 Å². The molecule has 1 heterocycles. The van der Waals surface area contributed by atoms with Gasteiger partial charge in [0.1, 0.15) is 11.6 Å². The SMILES string of the molecule is CN(C)S(=O)(=O)c1cccc(COC(=O)c2nc(Cl)c(Cl)c(N)c2Cl)c1. The molecule has 0 unspecified atom stereocenters. The number of nitrogens with zero attached hydrogens (tertiary/aromatic N) is 2. The highest BCUT2D eigenvalue weighted by Crippen LogP contribution is 2.34. The number of nitrogen functional groups attached to an aromatic ring is 1. The van der Waals surface area contributed by atoms with Crippen molar-refractivity contribution in [1.82, 2.24) is 9.29 Å². The summed E-state index contributed by atoms with van der Waals surface area (Å²) in [5, 5.41) is -0.414. The largest absolute Gasteiger partial charge is 0.456 e. The zero-order valence-electron chi connectivity index (χ0n) is 13.7. The Bertz CT molecular complexity index is 965. The molecule has 2 N–H and O–H groups in total. The maximum absolute atomic E-state index is 12.2. The zero-order valence-corrected chi connectivity index (χ0v) is 16.7. The number of carbonyl (C=O) groups is 1. The molecule has 0 bridgehead atoms. The molecule has 0 aliphatic heterocycles. The Morgan fingerprint density at radius 1 is 1.23 bits per heavy atom. The number of anilines is 1. The summed E-state index contributed by atoms with van der Waals surface area (Å²) in [4.78, 5) is 16.0. The number of halogens is 3. The Hall–Kier alpha value is -1.58. The molecule has 0 amide bonds. The molecule has 0 fully saturated rings. The third kappa shape index (κ3) is 4.21. The third-order valence-corrected chi connectivity index (χ3v) is 6.26. The van der Waals surface area contributed by atoms with Gasteiger partial charge in [-0.15, -0.1) is 0 Å². The van der Waals surface area contributed by atoms with Crippen LogP contribution >= 0.6 is 34.8 Å². The van der Waals surface area contributed by atoms with Gasteiger partial charge in [0.15, 0.2) is 10.8 Å². The monoisotopic (exact) mass is 437 g/mol. The summed E-state index contributed by atoms with van der Waals surface area (Å²) in [6.45, 7) is -0.201. The van der Waals surface area contributed by atoms with Crippen molar-refractivity contribution in [1.29, 1.82) is 0 Å². The van der Waals surface area contributed by atoms with Crippen LogP contribution in [0.4, 0.5) is 5.69 Å². The summed E-state index contributed by atoms with van der Waals surface area (Å²) in [7, 11) is -0.760. The number of hydrogen-bond donors (Lipinski definition) is 1. The average molecular weight is 439 g/mol. The van der Waals surface area contributed by atoms with Crippen LogP contribution in [-0.2, 0) is 21.4 Å². The number of esters is 1. The minimum Gasteiger partial charge on any atom is -0.456 e. The van der Waals surface area contributed by atoms with Gasteiger partial charge < -0.3 is 10.5 Å². The second kappa shape index (κ2) is 7.98. The zero-order chi connectivity index (χ0) is 19.6. The van der Waals surface area contributed by atoms with Gasteiger partial charge in [-0.2, -0.15) is 0 Å². The van der Waals surface area contributed by atoms with Crippen LogP contribution in [0.5, 0.6) is 0 Å². The Kier molecular flexibility index (Phi) is 6.36. The van der Waals surface area contributed by atoms with Crippen LogP contribution in [0.1, 0.15) is 16.1 Å². The smallest absolute Gasteiger partial charge is 0.358 e. The molecule has 7 nitrogen and oxygen atoms in total. The fraction of sp³-hybridized carbons (Fsp3) is 0.200. The predicted octanol–water partition coefficient (Wildman–Crippen LogP) is 3.23. The maximum atomic E-state index is 12.2. The van der Waals surface area contributed by atoms with Gasteiger partial charge in [0.2, 0.25) is 10.0 Å². The molecule has 2 rings (SSSR count). The molecule has 0 atom stereocenters. The summed E-state index contributed by atoms with van der Waals surface area (Å²) in [6.07, 6.45) is 0. The Balaban J connectivity index is 2.21. The highest BCUT2D eigenvalue weighted by atomic mass is 35.5. The minimum atomic E-state index is -3.60. The summed E-state index contributed by atoms with van der Waals surface area (Å²) < 4.78 is 30.5. The number of carbonyl (C=O) groups excluding carboxylic acids is 1. The Morgan fingerprint density at radius 3 is 2.50 bits per heavy atom. The van der Waals surface area contributed by atoms with E-state index in [4.69, 9.17) is 45.3 Å². The van der Waals surface area contributed by atoms with Crippen LogP contribution in [0.25, 0.3) is 0 Å². The molecule has 0 spiro atoms. The molecule has 0 saturated heterocycles. The predicted molar refractivity (Wildman–Crippen MR) is 100 cm³/mol.